The van der Waals surface area contributed by atoms with Gasteiger partial charge in [0.05, 0.1) is 11.4 Å². The summed E-state index contributed by atoms with van der Waals surface area (Å²) in [6.45, 7) is 4.74. The van der Waals surface area contributed by atoms with Gasteiger partial charge in [-0.05, 0) is 61.6 Å². The summed E-state index contributed by atoms with van der Waals surface area (Å²) in [5.41, 5.74) is 2.64. The molecule has 0 atom stereocenters. The second kappa shape index (κ2) is 7.56. The average molecular weight is 398 g/mol. The molecule has 0 amide bonds. The summed E-state index contributed by atoms with van der Waals surface area (Å²) in [6, 6.07) is 8.32. The van der Waals surface area contributed by atoms with Gasteiger partial charge in [-0.25, -0.2) is 0 Å². The molecule has 0 saturated heterocycles. The van der Waals surface area contributed by atoms with Crippen LogP contribution in [0.1, 0.15) is 41.7 Å². The highest BCUT2D eigenvalue weighted by atomic mass is 32.1. The van der Waals surface area contributed by atoms with Gasteiger partial charge in [0.1, 0.15) is 0 Å². The summed E-state index contributed by atoms with van der Waals surface area (Å²) in [5.74, 6) is 2.93. The molecule has 3 heterocycles. The highest BCUT2D eigenvalue weighted by molar-refractivity contribution is 7.15. The van der Waals surface area contributed by atoms with Gasteiger partial charge in [-0.1, -0.05) is 13.0 Å². The van der Waals surface area contributed by atoms with Crippen molar-refractivity contribution in [3.63, 3.8) is 0 Å². The van der Waals surface area contributed by atoms with Gasteiger partial charge in [0.25, 0.3) is 5.89 Å². The molecule has 0 fully saturated rings. The highest BCUT2D eigenvalue weighted by Crippen LogP contribution is 2.35. The maximum absolute atomic E-state index is 5.99. The van der Waals surface area contributed by atoms with Gasteiger partial charge in [-0.3, -0.25) is 4.90 Å². The first-order valence-electron chi connectivity index (χ1n) is 9.83. The number of hydrogen-bond donors (Lipinski definition) is 0. The summed E-state index contributed by atoms with van der Waals surface area (Å²) in [5, 5.41) is 8.59. The van der Waals surface area contributed by atoms with Crippen LogP contribution in [-0.4, -0.2) is 28.4 Å². The van der Waals surface area contributed by atoms with Gasteiger partial charge in [0.15, 0.2) is 11.5 Å². The van der Waals surface area contributed by atoms with Crippen molar-refractivity contribution in [3.8, 4) is 22.3 Å². The van der Waals surface area contributed by atoms with E-state index in [2.05, 4.69) is 34.2 Å². The third kappa shape index (κ3) is 3.52. The number of aryl methyl sites for hydroxylation is 2. The fourth-order valence-corrected chi connectivity index (χ4v) is 4.96. The maximum Gasteiger partial charge on any atom is 0.257 e. The van der Waals surface area contributed by atoms with E-state index in [1.54, 1.807) is 11.3 Å². The van der Waals surface area contributed by atoms with Crippen LogP contribution in [-0.2, 0) is 25.9 Å². The number of ether oxygens (including phenoxy) is 2. The third-order valence-corrected chi connectivity index (χ3v) is 6.55. The van der Waals surface area contributed by atoms with Crippen LogP contribution >= 0.6 is 11.3 Å². The van der Waals surface area contributed by atoms with Crippen molar-refractivity contribution in [1.82, 2.24) is 15.1 Å². The lowest BCUT2D eigenvalue weighted by Crippen LogP contribution is -2.22. The predicted octanol–water partition coefficient (Wildman–Crippen LogP) is 4.43. The molecule has 0 bridgehead atoms. The van der Waals surface area contributed by atoms with Crippen molar-refractivity contribution >= 4 is 11.3 Å². The molecule has 28 heavy (non-hydrogen) atoms. The van der Waals surface area contributed by atoms with Crippen LogP contribution in [0.5, 0.6) is 11.5 Å². The Hall–Kier alpha value is -2.38. The Kier molecular flexibility index (Phi) is 4.78. The van der Waals surface area contributed by atoms with E-state index < -0.39 is 0 Å². The second-order valence-electron chi connectivity index (χ2n) is 7.26. The molecule has 0 unspecified atom stereocenters. The molecule has 0 spiro atoms. The second-order valence-corrected chi connectivity index (χ2v) is 8.39. The molecule has 1 aliphatic carbocycles. The minimum Gasteiger partial charge on any atom is -0.454 e. The van der Waals surface area contributed by atoms with E-state index in [-0.39, 0.29) is 0 Å². The average Bonchev–Trinajstić information content (AvgIpc) is 3.45. The first kappa shape index (κ1) is 17.7. The fraction of sp³-hybridized carbons (Fsp3) is 0.429. The van der Waals surface area contributed by atoms with Gasteiger partial charge in [-0.15, -0.1) is 21.5 Å². The van der Waals surface area contributed by atoms with E-state index >= 15 is 0 Å². The van der Waals surface area contributed by atoms with E-state index in [1.807, 2.05) is 12.1 Å². The monoisotopic (exact) mass is 397 g/mol. The molecule has 0 radical (unpaired) electrons. The van der Waals surface area contributed by atoms with Crippen LogP contribution in [0.4, 0.5) is 0 Å². The lowest BCUT2D eigenvalue weighted by atomic mass is 9.99. The molecule has 1 aromatic carbocycles. The van der Waals surface area contributed by atoms with Crippen LogP contribution < -0.4 is 9.47 Å². The van der Waals surface area contributed by atoms with E-state index in [4.69, 9.17) is 13.9 Å². The fourth-order valence-electron chi connectivity index (χ4n) is 3.78. The van der Waals surface area contributed by atoms with E-state index in [0.29, 0.717) is 25.1 Å². The van der Waals surface area contributed by atoms with E-state index in [0.717, 1.165) is 29.5 Å². The smallest absolute Gasteiger partial charge is 0.257 e. The summed E-state index contributed by atoms with van der Waals surface area (Å²) in [4.78, 5) is 4.86. The van der Waals surface area contributed by atoms with Crippen molar-refractivity contribution in [2.75, 3.05) is 13.3 Å². The van der Waals surface area contributed by atoms with Gasteiger partial charge in [-0.2, -0.15) is 0 Å². The maximum atomic E-state index is 5.99. The summed E-state index contributed by atoms with van der Waals surface area (Å²) in [6.07, 6.45) is 4.92. The van der Waals surface area contributed by atoms with Crippen molar-refractivity contribution in [2.24, 2.45) is 0 Å². The quantitative estimate of drug-likeness (QED) is 0.613. The minimum atomic E-state index is 0.299. The molecule has 146 valence electrons. The van der Waals surface area contributed by atoms with Crippen molar-refractivity contribution in [2.45, 2.75) is 45.7 Å². The van der Waals surface area contributed by atoms with Gasteiger partial charge in [0.2, 0.25) is 12.7 Å². The normalized spacial score (nSPS) is 15.2. The number of fused-ring (bicyclic) bond motifs is 2. The minimum absolute atomic E-state index is 0.299. The summed E-state index contributed by atoms with van der Waals surface area (Å²) < 4.78 is 16.9. The molecule has 3 aromatic rings. The van der Waals surface area contributed by atoms with Gasteiger partial charge >= 0.3 is 0 Å². The molecule has 7 heteroatoms. The lowest BCUT2D eigenvalue weighted by Gasteiger charge is -2.18. The molecule has 2 aliphatic rings. The standard InChI is InChI=1S/C21H23N3O3S/c1-2-24(11-14-7-8-16-17(9-14)26-13-25-16)12-20-22-23-21(27-20)19-10-15-5-3-4-6-18(15)28-19/h7-10H,2-6,11-13H2,1H3. The topological polar surface area (TPSA) is 60.6 Å². The molecular weight excluding hydrogens is 374 g/mol. The van der Waals surface area contributed by atoms with Crippen LogP contribution in [0.25, 0.3) is 10.8 Å². The lowest BCUT2D eigenvalue weighted by molar-refractivity contribution is 0.174. The molecule has 5 rings (SSSR count). The molecule has 0 N–H and O–H groups in total. The third-order valence-electron chi connectivity index (χ3n) is 5.32. The zero-order valence-electron chi connectivity index (χ0n) is 15.9. The van der Waals surface area contributed by atoms with Crippen LogP contribution in [0.3, 0.4) is 0 Å². The number of aromatic nitrogens is 2. The van der Waals surface area contributed by atoms with Gasteiger partial charge < -0.3 is 13.9 Å². The number of hydrogen-bond acceptors (Lipinski definition) is 7. The molecule has 6 nitrogen and oxygen atoms in total. The Morgan fingerprint density at radius 3 is 2.82 bits per heavy atom. The first-order valence-corrected chi connectivity index (χ1v) is 10.7. The zero-order valence-corrected chi connectivity index (χ0v) is 16.8. The van der Waals surface area contributed by atoms with Crippen LogP contribution in [0.15, 0.2) is 28.7 Å². The van der Waals surface area contributed by atoms with Crippen LogP contribution in [0, 0.1) is 0 Å². The Bertz CT molecular complexity index is 958. The van der Waals surface area contributed by atoms with Crippen molar-refractivity contribution < 1.29 is 13.9 Å². The molecular formula is C21H23N3O3S. The van der Waals surface area contributed by atoms with Crippen LogP contribution in [0.2, 0.25) is 0 Å². The number of thiophene rings is 1. The Balaban J connectivity index is 1.28. The van der Waals surface area contributed by atoms with Gasteiger partial charge in [0, 0.05) is 11.4 Å². The predicted molar refractivity (Wildman–Crippen MR) is 107 cm³/mol. The Morgan fingerprint density at radius 1 is 1.04 bits per heavy atom. The summed E-state index contributed by atoms with van der Waals surface area (Å²) in [7, 11) is 0. The SMILES string of the molecule is CCN(Cc1ccc2c(c1)OCO2)Cc1nnc(-c2cc3c(s2)CCCC3)o1. The Labute approximate surface area is 168 Å². The van der Waals surface area contributed by atoms with E-state index in [9.17, 15) is 0 Å². The first-order chi connectivity index (χ1) is 13.8. The largest absolute Gasteiger partial charge is 0.454 e. The molecule has 2 aromatic heterocycles. The Morgan fingerprint density at radius 2 is 1.93 bits per heavy atom. The zero-order chi connectivity index (χ0) is 18.9. The van der Waals surface area contributed by atoms with Crippen molar-refractivity contribution in [3.05, 3.63) is 46.2 Å². The molecule has 1 aliphatic heterocycles. The van der Waals surface area contributed by atoms with E-state index in [1.165, 1.54) is 41.7 Å². The number of nitrogens with zero attached hydrogens (tertiary/aromatic N) is 3. The van der Waals surface area contributed by atoms with Crippen molar-refractivity contribution in [1.29, 1.82) is 0 Å². The number of rotatable bonds is 6. The highest BCUT2D eigenvalue weighted by Gasteiger charge is 2.19. The molecule has 0 saturated carbocycles. The summed E-state index contributed by atoms with van der Waals surface area (Å²) >= 11 is 1.80. The number of benzene rings is 1.